The van der Waals surface area contributed by atoms with Crippen LogP contribution in [0.15, 0.2) is 42.0 Å². The van der Waals surface area contributed by atoms with Crippen LogP contribution >= 0.6 is 23.2 Å². The number of aryl methyl sites for hydroxylation is 2. The molecule has 1 N–H and O–H groups in total. The highest BCUT2D eigenvalue weighted by Gasteiger charge is 2.22. The number of nitrogens with one attached hydrogen (secondary N) is 1. The minimum atomic E-state index is 0.822. The third-order valence-corrected chi connectivity index (χ3v) is 5.37. The van der Waals surface area contributed by atoms with Crippen molar-refractivity contribution in [3.8, 4) is 0 Å². The highest BCUT2D eigenvalue weighted by molar-refractivity contribution is 6.31. The number of fused-ring (bicyclic) bond motifs is 2. The first-order valence-corrected chi connectivity index (χ1v) is 8.98. The highest BCUT2D eigenvalue weighted by Crippen LogP contribution is 2.39. The summed E-state index contributed by atoms with van der Waals surface area (Å²) in [6, 6.07) is 12.7. The molecule has 0 aromatic heterocycles. The van der Waals surface area contributed by atoms with Gasteiger partial charge in [-0.15, -0.1) is 0 Å². The minimum absolute atomic E-state index is 0.822. The predicted octanol–water partition coefficient (Wildman–Crippen LogP) is 5.28. The summed E-state index contributed by atoms with van der Waals surface area (Å²) >= 11 is 12.5. The lowest BCUT2D eigenvalue weighted by Crippen LogP contribution is -2.24. The number of halogens is 2. The third-order valence-electron chi connectivity index (χ3n) is 4.90. The molecule has 1 heterocycles. The van der Waals surface area contributed by atoms with Crippen molar-refractivity contribution in [2.45, 2.75) is 25.7 Å². The van der Waals surface area contributed by atoms with Crippen molar-refractivity contribution in [2.24, 2.45) is 0 Å². The number of rotatable bonds is 0. The largest absolute Gasteiger partial charge is 0.316 e. The summed E-state index contributed by atoms with van der Waals surface area (Å²) < 4.78 is 0. The Morgan fingerprint density at radius 1 is 0.696 bits per heavy atom. The van der Waals surface area contributed by atoms with Crippen molar-refractivity contribution < 1.29 is 0 Å². The van der Waals surface area contributed by atoms with Gasteiger partial charge in [-0.3, -0.25) is 0 Å². The fraction of sp³-hybridized carbons (Fsp3) is 0.300. The van der Waals surface area contributed by atoms with Crippen molar-refractivity contribution in [3.63, 3.8) is 0 Å². The maximum Gasteiger partial charge on any atom is 0.0409 e. The number of hydrogen-bond acceptors (Lipinski definition) is 1. The van der Waals surface area contributed by atoms with Crippen LogP contribution in [0, 0.1) is 0 Å². The zero-order valence-electron chi connectivity index (χ0n) is 13.0. The van der Waals surface area contributed by atoms with Crippen LogP contribution in [0.3, 0.4) is 0 Å². The normalized spacial score (nSPS) is 17.5. The standard InChI is InChI=1S/C20H19Cl2N/c21-16-3-5-18-14(11-16)1-2-15-12-17(22)4-6-19(15)20(18)13-7-9-23-10-8-13/h3-6,11-12,23H,1-2,7-10H2. The third kappa shape index (κ3) is 2.94. The smallest absolute Gasteiger partial charge is 0.0409 e. The molecule has 0 bridgehead atoms. The first kappa shape index (κ1) is 15.3. The van der Waals surface area contributed by atoms with E-state index < -0.39 is 0 Å². The van der Waals surface area contributed by atoms with E-state index in [0.717, 1.165) is 48.8 Å². The van der Waals surface area contributed by atoms with Crippen LogP contribution in [-0.2, 0) is 12.8 Å². The Bertz CT molecular complexity index is 729. The molecule has 0 amide bonds. The van der Waals surface area contributed by atoms with Crippen LogP contribution in [0.4, 0.5) is 0 Å². The van der Waals surface area contributed by atoms with Crippen LogP contribution in [-0.4, -0.2) is 13.1 Å². The van der Waals surface area contributed by atoms with Crippen molar-refractivity contribution in [1.82, 2.24) is 5.32 Å². The molecule has 2 aromatic rings. The number of benzene rings is 2. The summed E-state index contributed by atoms with van der Waals surface area (Å²) in [5, 5.41) is 5.10. The van der Waals surface area contributed by atoms with Gasteiger partial charge in [-0.05, 0) is 90.9 Å². The molecule has 0 spiro atoms. The average molecular weight is 344 g/mol. The Labute approximate surface area is 147 Å². The molecule has 1 nitrogen and oxygen atoms in total. The summed E-state index contributed by atoms with van der Waals surface area (Å²) in [5.74, 6) is 0. The Hall–Kier alpha value is -1.28. The molecule has 4 rings (SSSR count). The van der Waals surface area contributed by atoms with Gasteiger partial charge in [-0.2, -0.15) is 0 Å². The van der Waals surface area contributed by atoms with Crippen LogP contribution in [0.2, 0.25) is 10.0 Å². The molecular formula is C20H19Cl2N. The summed E-state index contributed by atoms with van der Waals surface area (Å²) in [5.41, 5.74) is 8.39. The average Bonchev–Trinajstić information content (AvgIpc) is 2.72. The lowest BCUT2D eigenvalue weighted by Gasteiger charge is -2.22. The molecule has 1 aliphatic heterocycles. The highest BCUT2D eigenvalue weighted by atomic mass is 35.5. The van der Waals surface area contributed by atoms with Crippen LogP contribution in [0.5, 0.6) is 0 Å². The van der Waals surface area contributed by atoms with Gasteiger partial charge in [-0.1, -0.05) is 40.9 Å². The lowest BCUT2D eigenvalue weighted by molar-refractivity contribution is 0.611. The second-order valence-corrected chi connectivity index (χ2v) is 7.20. The molecule has 3 heteroatoms. The van der Waals surface area contributed by atoms with E-state index in [1.165, 1.54) is 27.8 Å². The van der Waals surface area contributed by atoms with Gasteiger partial charge in [0.25, 0.3) is 0 Å². The monoisotopic (exact) mass is 343 g/mol. The summed E-state index contributed by atoms with van der Waals surface area (Å²) in [6.07, 6.45) is 4.25. The van der Waals surface area contributed by atoms with E-state index in [1.54, 1.807) is 5.57 Å². The Morgan fingerprint density at radius 3 is 1.74 bits per heavy atom. The van der Waals surface area contributed by atoms with Gasteiger partial charge in [-0.25, -0.2) is 0 Å². The molecule has 2 aromatic carbocycles. The molecular weight excluding hydrogens is 325 g/mol. The SMILES string of the molecule is Clc1ccc2c(c1)CCc1cc(Cl)ccc1C2=C1CCNCC1. The Kier molecular flexibility index (Phi) is 4.19. The van der Waals surface area contributed by atoms with E-state index in [9.17, 15) is 0 Å². The zero-order chi connectivity index (χ0) is 15.8. The predicted molar refractivity (Wildman–Crippen MR) is 98.4 cm³/mol. The maximum absolute atomic E-state index is 6.25. The van der Waals surface area contributed by atoms with E-state index in [0.29, 0.717) is 0 Å². The van der Waals surface area contributed by atoms with E-state index in [-0.39, 0.29) is 0 Å². The van der Waals surface area contributed by atoms with Crippen LogP contribution in [0.1, 0.15) is 35.1 Å². The molecule has 23 heavy (non-hydrogen) atoms. The molecule has 1 aliphatic carbocycles. The van der Waals surface area contributed by atoms with Crippen molar-refractivity contribution in [3.05, 3.63) is 74.3 Å². The number of hydrogen-bond donors (Lipinski definition) is 1. The first-order valence-electron chi connectivity index (χ1n) is 8.23. The molecule has 2 aliphatic rings. The summed E-state index contributed by atoms with van der Waals surface area (Å²) in [7, 11) is 0. The van der Waals surface area contributed by atoms with Crippen LogP contribution < -0.4 is 5.32 Å². The summed E-state index contributed by atoms with van der Waals surface area (Å²) in [6.45, 7) is 2.12. The van der Waals surface area contributed by atoms with Gasteiger partial charge >= 0.3 is 0 Å². The van der Waals surface area contributed by atoms with Gasteiger partial charge < -0.3 is 5.32 Å². The second-order valence-electron chi connectivity index (χ2n) is 6.33. The number of piperidine rings is 1. The summed E-state index contributed by atoms with van der Waals surface area (Å²) in [4.78, 5) is 0. The van der Waals surface area contributed by atoms with Crippen molar-refractivity contribution >= 4 is 28.8 Å². The topological polar surface area (TPSA) is 12.0 Å². The molecule has 0 saturated carbocycles. The lowest BCUT2D eigenvalue weighted by atomic mass is 9.86. The van der Waals surface area contributed by atoms with E-state index in [4.69, 9.17) is 23.2 Å². The first-order chi connectivity index (χ1) is 11.2. The van der Waals surface area contributed by atoms with Crippen molar-refractivity contribution in [2.75, 3.05) is 13.1 Å². The molecule has 118 valence electrons. The zero-order valence-corrected chi connectivity index (χ0v) is 14.5. The van der Waals surface area contributed by atoms with E-state index >= 15 is 0 Å². The van der Waals surface area contributed by atoms with Crippen molar-refractivity contribution in [1.29, 1.82) is 0 Å². The molecule has 1 saturated heterocycles. The van der Waals surface area contributed by atoms with Crippen LogP contribution in [0.25, 0.3) is 5.57 Å². The Balaban J connectivity index is 1.98. The van der Waals surface area contributed by atoms with Gasteiger partial charge in [0.1, 0.15) is 0 Å². The van der Waals surface area contributed by atoms with Gasteiger partial charge in [0, 0.05) is 10.0 Å². The minimum Gasteiger partial charge on any atom is -0.316 e. The van der Waals surface area contributed by atoms with Gasteiger partial charge in [0.2, 0.25) is 0 Å². The second kappa shape index (κ2) is 6.32. The van der Waals surface area contributed by atoms with E-state index in [1.807, 2.05) is 12.1 Å². The molecule has 0 unspecified atom stereocenters. The fourth-order valence-corrected chi connectivity index (χ4v) is 4.19. The Morgan fingerprint density at radius 2 is 1.22 bits per heavy atom. The maximum atomic E-state index is 6.25. The quantitative estimate of drug-likeness (QED) is 0.686. The fourth-order valence-electron chi connectivity index (χ4n) is 3.80. The molecule has 0 radical (unpaired) electrons. The molecule has 1 fully saturated rings. The van der Waals surface area contributed by atoms with Gasteiger partial charge in [0.15, 0.2) is 0 Å². The van der Waals surface area contributed by atoms with Gasteiger partial charge in [0.05, 0.1) is 0 Å². The molecule has 0 atom stereocenters. The van der Waals surface area contributed by atoms with E-state index in [2.05, 4.69) is 29.6 Å².